The van der Waals surface area contributed by atoms with Gasteiger partial charge in [0.05, 0.1) is 18.1 Å². The van der Waals surface area contributed by atoms with Crippen molar-refractivity contribution >= 4 is 28.8 Å². The zero-order valence-electron chi connectivity index (χ0n) is 19.9. The molecule has 0 saturated heterocycles. The molecule has 1 aliphatic heterocycles. The standard InChI is InChI=1S/C27H33NO5/c1-5-18-12-16(3)13-22(27(32)26(18)31)25-24(30)15-21(23(29)11-10-17(4)28-25)19-8-7-9-20(14-19)33-6-2/h7-9,13-14,16-18,21H,5-6,10-12,15H2,1-4H3. The van der Waals surface area contributed by atoms with Gasteiger partial charge in [0.15, 0.2) is 5.78 Å². The molecule has 3 rings (SSSR count). The molecule has 33 heavy (non-hydrogen) atoms. The van der Waals surface area contributed by atoms with Crippen molar-refractivity contribution < 1.29 is 23.9 Å². The van der Waals surface area contributed by atoms with E-state index in [9.17, 15) is 19.2 Å². The van der Waals surface area contributed by atoms with Crippen LogP contribution in [0.4, 0.5) is 0 Å². The van der Waals surface area contributed by atoms with E-state index in [0.717, 1.165) is 0 Å². The van der Waals surface area contributed by atoms with Gasteiger partial charge in [0.2, 0.25) is 11.6 Å². The molecular weight excluding hydrogens is 418 g/mol. The zero-order valence-corrected chi connectivity index (χ0v) is 19.9. The SMILES string of the molecule is CCOc1cccc(C2CC(=O)C(C3=CC(C)CC(CC)C(=O)C3=O)=NC(C)CCC2=O)c1. The van der Waals surface area contributed by atoms with Gasteiger partial charge in [0, 0.05) is 24.8 Å². The fraction of sp³-hybridized carbons (Fsp3) is 0.519. The Balaban J connectivity index is 2.00. The van der Waals surface area contributed by atoms with Crippen LogP contribution < -0.4 is 4.74 Å². The van der Waals surface area contributed by atoms with E-state index in [0.29, 0.717) is 37.2 Å². The Kier molecular flexibility index (Phi) is 8.11. The lowest BCUT2D eigenvalue weighted by atomic mass is 9.85. The Morgan fingerprint density at radius 1 is 1.09 bits per heavy atom. The van der Waals surface area contributed by atoms with Crippen molar-refractivity contribution in [3.63, 3.8) is 0 Å². The summed E-state index contributed by atoms with van der Waals surface area (Å²) in [6.45, 7) is 8.05. The molecule has 6 nitrogen and oxygen atoms in total. The summed E-state index contributed by atoms with van der Waals surface area (Å²) in [6.07, 6.45) is 3.55. The Bertz CT molecular complexity index is 1010. The highest BCUT2D eigenvalue weighted by atomic mass is 16.5. The highest BCUT2D eigenvalue weighted by molar-refractivity contribution is 6.61. The minimum absolute atomic E-state index is 0.0286. The summed E-state index contributed by atoms with van der Waals surface area (Å²) in [7, 11) is 0. The molecule has 0 fully saturated rings. The minimum atomic E-state index is -0.647. The third kappa shape index (κ3) is 5.73. The maximum Gasteiger partial charge on any atom is 0.230 e. The average Bonchev–Trinajstić information content (AvgIpc) is 2.86. The minimum Gasteiger partial charge on any atom is -0.494 e. The van der Waals surface area contributed by atoms with Gasteiger partial charge < -0.3 is 4.74 Å². The second kappa shape index (κ2) is 10.8. The lowest BCUT2D eigenvalue weighted by Gasteiger charge is -2.17. The maximum absolute atomic E-state index is 13.5. The van der Waals surface area contributed by atoms with Crippen LogP contribution in [-0.2, 0) is 19.2 Å². The van der Waals surface area contributed by atoms with Crippen LogP contribution in [-0.4, -0.2) is 41.5 Å². The zero-order chi connectivity index (χ0) is 24.1. The summed E-state index contributed by atoms with van der Waals surface area (Å²) < 4.78 is 5.57. The number of hydrogen-bond donors (Lipinski definition) is 0. The first-order valence-corrected chi connectivity index (χ1v) is 11.9. The fourth-order valence-electron chi connectivity index (χ4n) is 4.63. The van der Waals surface area contributed by atoms with Crippen LogP contribution in [0, 0.1) is 11.8 Å². The molecule has 0 radical (unpaired) electrons. The first-order valence-electron chi connectivity index (χ1n) is 11.9. The molecule has 0 amide bonds. The number of carbonyl (C=O) groups is 4. The van der Waals surface area contributed by atoms with Crippen molar-refractivity contribution in [2.45, 2.75) is 71.8 Å². The molecule has 6 heteroatoms. The van der Waals surface area contributed by atoms with E-state index < -0.39 is 17.5 Å². The fourth-order valence-corrected chi connectivity index (χ4v) is 4.63. The summed E-state index contributed by atoms with van der Waals surface area (Å²) in [6, 6.07) is 6.93. The van der Waals surface area contributed by atoms with Crippen molar-refractivity contribution in [3.05, 3.63) is 41.5 Å². The normalized spacial score (nSPS) is 27.2. The Labute approximate surface area is 195 Å². The number of hydrogen-bond acceptors (Lipinski definition) is 6. The third-order valence-electron chi connectivity index (χ3n) is 6.47. The van der Waals surface area contributed by atoms with Crippen molar-refractivity contribution in [2.24, 2.45) is 16.8 Å². The molecule has 1 aromatic carbocycles. The first-order chi connectivity index (χ1) is 15.7. The van der Waals surface area contributed by atoms with Gasteiger partial charge >= 0.3 is 0 Å². The molecule has 4 atom stereocenters. The number of rotatable bonds is 5. The number of ketones is 4. The summed E-state index contributed by atoms with van der Waals surface area (Å²) in [5.41, 5.74) is 0.867. The van der Waals surface area contributed by atoms with E-state index in [-0.39, 0.29) is 53.6 Å². The van der Waals surface area contributed by atoms with Gasteiger partial charge in [-0.25, -0.2) is 0 Å². The van der Waals surface area contributed by atoms with E-state index in [2.05, 4.69) is 4.99 Å². The van der Waals surface area contributed by atoms with E-state index >= 15 is 0 Å². The summed E-state index contributed by atoms with van der Waals surface area (Å²) in [5, 5.41) is 0. The predicted octanol–water partition coefficient (Wildman–Crippen LogP) is 4.45. The number of nitrogens with zero attached hydrogens (tertiary/aromatic N) is 1. The van der Waals surface area contributed by atoms with Crippen molar-refractivity contribution in [3.8, 4) is 5.75 Å². The van der Waals surface area contributed by atoms with Gasteiger partial charge in [-0.15, -0.1) is 0 Å². The van der Waals surface area contributed by atoms with Crippen LogP contribution in [0.1, 0.15) is 71.3 Å². The van der Waals surface area contributed by atoms with Crippen LogP contribution in [0.3, 0.4) is 0 Å². The molecule has 0 saturated carbocycles. The van der Waals surface area contributed by atoms with Gasteiger partial charge in [0.1, 0.15) is 17.2 Å². The number of aliphatic imine (C=N–C) groups is 1. The predicted molar refractivity (Wildman–Crippen MR) is 127 cm³/mol. The van der Waals surface area contributed by atoms with Gasteiger partial charge in [-0.1, -0.05) is 32.1 Å². The van der Waals surface area contributed by atoms with Crippen LogP contribution in [0.5, 0.6) is 5.75 Å². The van der Waals surface area contributed by atoms with Gasteiger partial charge in [0.25, 0.3) is 0 Å². The van der Waals surface area contributed by atoms with E-state index in [4.69, 9.17) is 4.74 Å². The van der Waals surface area contributed by atoms with Crippen LogP contribution in [0.2, 0.25) is 0 Å². The quantitative estimate of drug-likeness (QED) is 0.617. The lowest BCUT2D eigenvalue weighted by Crippen LogP contribution is -2.30. The molecule has 1 aliphatic carbocycles. The molecule has 1 aromatic rings. The molecule has 176 valence electrons. The summed E-state index contributed by atoms with van der Waals surface area (Å²) in [5.74, 6) is -1.87. The topological polar surface area (TPSA) is 89.9 Å². The molecule has 0 N–H and O–H groups in total. The second-order valence-corrected chi connectivity index (χ2v) is 9.11. The average molecular weight is 452 g/mol. The van der Waals surface area contributed by atoms with Crippen molar-refractivity contribution in [1.82, 2.24) is 0 Å². The molecule has 1 heterocycles. The maximum atomic E-state index is 13.5. The largest absolute Gasteiger partial charge is 0.494 e. The van der Waals surface area contributed by atoms with Crippen molar-refractivity contribution in [1.29, 1.82) is 0 Å². The lowest BCUT2D eigenvalue weighted by molar-refractivity contribution is -0.136. The summed E-state index contributed by atoms with van der Waals surface area (Å²) in [4.78, 5) is 57.1. The Hall–Kier alpha value is -2.89. The number of ether oxygens (including phenoxy) is 1. The van der Waals surface area contributed by atoms with E-state index in [1.807, 2.05) is 45.9 Å². The molecule has 4 unspecified atom stereocenters. The van der Waals surface area contributed by atoms with Crippen LogP contribution in [0.15, 0.2) is 40.9 Å². The van der Waals surface area contributed by atoms with Gasteiger partial charge in [-0.3, -0.25) is 24.2 Å². The highest BCUT2D eigenvalue weighted by Crippen LogP contribution is 2.31. The number of allylic oxidation sites excluding steroid dienone is 2. The molecule has 0 bridgehead atoms. The highest BCUT2D eigenvalue weighted by Gasteiger charge is 2.37. The first kappa shape index (κ1) is 24.7. The Morgan fingerprint density at radius 2 is 1.85 bits per heavy atom. The van der Waals surface area contributed by atoms with Gasteiger partial charge in [-0.2, -0.15) is 0 Å². The van der Waals surface area contributed by atoms with E-state index in [1.54, 1.807) is 12.1 Å². The molecule has 0 aromatic heterocycles. The molecule has 2 aliphatic rings. The van der Waals surface area contributed by atoms with Gasteiger partial charge in [-0.05, 0) is 56.7 Å². The smallest absolute Gasteiger partial charge is 0.230 e. The number of benzene rings is 1. The molecule has 0 spiro atoms. The van der Waals surface area contributed by atoms with E-state index in [1.165, 1.54) is 0 Å². The van der Waals surface area contributed by atoms with Crippen molar-refractivity contribution in [2.75, 3.05) is 6.61 Å². The third-order valence-corrected chi connectivity index (χ3v) is 6.47. The summed E-state index contributed by atoms with van der Waals surface area (Å²) >= 11 is 0. The van der Waals surface area contributed by atoms with Crippen LogP contribution in [0.25, 0.3) is 0 Å². The second-order valence-electron chi connectivity index (χ2n) is 9.11. The van der Waals surface area contributed by atoms with Crippen LogP contribution >= 0.6 is 0 Å². The Morgan fingerprint density at radius 3 is 2.55 bits per heavy atom. The number of Topliss-reactive ketones (excluding diaryl/α,β-unsaturated/α-hetero) is 4. The number of carbonyl (C=O) groups excluding carboxylic acids is 4. The molecular formula is C27H33NO5. The monoisotopic (exact) mass is 451 g/mol.